The molecule has 0 heterocycles. The van der Waals surface area contributed by atoms with Crippen LogP contribution in [-0.2, 0) is 21.0 Å². The van der Waals surface area contributed by atoms with E-state index in [1.165, 1.54) is 0 Å². The third-order valence-electron chi connectivity index (χ3n) is 3.69. The zero-order valence-electron chi connectivity index (χ0n) is 14.5. The van der Waals surface area contributed by atoms with Crippen molar-refractivity contribution in [2.75, 3.05) is 6.61 Å². The minimum atomic E-state index is -0.910. The molecule has 26 heavy (non-hydrogen) atoms. The van der Waals surface area contributed by atoms with E-state index in [9.17, 15) is 9.59 Å². The number of hydroxylamine groups is 1. The molecule has 2 rings (SSSR count). The minimum absolute atomic E-state index is 0.0680. The van der Waals surface area contributed by atoms with Gasteiger partial charge in [-0.3, -0.25) is 9.63 Å². The molecule has 2 aromatic rings. The van der Waals surface area contributed by atoms with Crippen molar-refractivity contribution >= 4 is 11.9 Å². The van der Waals surface area contributed by atoms with Crippen LogP contribution in [0.3, 0.4) is 0 Å². The van der Waals surface area contributed by atoms with Gasteiger partial charge in [0.1, 0.15) is 0 Å². The van der Waals surface area contributed by atoms with Crippen LogP contribution in [-0.4, -0.2) is 29.7 Å². The van der Waals surface area contributed by atoms with Gasteiger partial charge in [0.2, 0.25) is 0 Å². The number of ether oxygens (including phenoxy) is 1. The molecule has 6 heteroatoms. The number of carboxylic acids is 1. The molecule has 2 N–H and O–H groups in total. The largest absolute Gasteiger partial charge is 0.481 e. The van der Waals surface area contributed by atoms with E-state index < -0.39 is 5.97 Å². The fourth-order valence-corrected chi connectivity index (χ4v) is 2.38. The van der Waals surface area contributed by atoms with E-state index >= 15 is 0 Å². The summed E-state index contributed by atoms with van der Waals surface area (Å²) in [4.78, 5) is 28.2. The van der Waals surface area contributed by atoms with Crippen molar-refractivity contribution < 1.29 is 24.3 Å². The Hall–Kier alpha value is -2.70. The Morgan fingerprint density at radius 3 is 2.31 bits per heavy atom. The van der Waals surface area contributed by atoms with Crippen molar-refractivity contribution in [1.29, 1.82) is 0 Å². The van der Waals surface area contributed by atoms with Crippen LogP contribution in [0, 0.1) is 0 Å². The number of carboxylic acid groups (broad SMARTS) is 1. The highest BCUT2D eigenvalue weighted by atomic mass is 16.6. The van der Waals surface area contributed by atoms with E-state index in [0.29, 0.717) is 25.0 Å². The maximum atomic E-state index is 11.8. The van der Waals surface area contributed by atoms with Crippen LogP contribution in [0.4, 0.5) is 0 Å². The summed E-state index contributed by atoms with van der Waals surface area (Å²) in [6.07, 6.45) is 0.989. The number of hydrogen-bond donors (Lipinski definition) is 2. The van der Waals surface area contributed by atoms with Gasteiger partial charge in [0, 0.05) is 6.04 Å². The lowest BCUT2D eigenvalue weighted by molar-refractivity contribution is -0.139. The number of aliphatic carboxylic acids is 1. The van der Waals surface area contributed by atoms with Crippen LogP contribution in [0.1, 0.15) is 35.2 Å². The molecule has 0 fully saturated rings. The monoisotopic (exact) mass is 357 g/mol. The van der Waals surface area contributed by atoms with E-state index in [1.54, 1.807) is 24.3 Å². The summed E-state index contributed by atoms with van der Waals surface area (Å²) in [5.74, 6) is -1.29. The highest BCUT2D eigenvalue weighted by Gasteiger charge is 2.14. The van der Waals surface area contributed by atoms with Crippen molar-refractivity contribution in [3.05, 3.63) is 71.8 Å². The Labute approximate surface area is 152 Å². The number of esters is 1. The molecule has 0 aromatic heterocycles. The molecule has 0 aliphatic heterocycles. The van der Waals surface area contributed by atoms with Crippen LogP contribution in [0.25, 0.3) is 0 Å². The summed E-state index contributed by atoms with van der Waals surface area (Å²) in [6.45, 7) is 0.574. The molecule has 0 bridgehead atoms. The number of hydrogen-bond acceptors (Lipinski definition) is 5. The van der Waals surface area contributed by atoms with Crippen molar-refractivity contribution in [1.82, 2.24) is 5.48 Å². The molecule has 6 nitrogen and oxygen atoms in total. The van der Waals surface area contributed by atoms with Crippen molar-refractivity contribution in [2.45, 2.75) is 31.9 Å². The van der Waals surface area contributed by atoms with E-state index in [-0.39, 0.29) is 25.0 Å². The number of rotatable bonds is 11. The smallest absolute Gasteiger partial charge is 0.338 e. The predicted molar refractivity (Wildman–Crippen MR) is 96.4 cm³/mol. The Morgan fingerprint density at radius 2 is 1.65 bits per heavy atom. The summed E-state index contributed by atoms with van der Waals surface area (Å²) >= 11 is 0. The Kier molecular flexibility index (Phi) is 8.32. The summed E-state index contributed by atoms with van der Waals surface area (Å²) in [5.41, 5.74) is 4.29. The second-order valence-corrected chi connectivity index (χ2v) is 5.83. The first-order chi connectivity index (χ1) is 12.6. The normalized spacial score (nSPS) is 11.7. The second kappa shape index (κ2) is 11.0. The summed E-state index contributed by atoms with van der Waals surface area (Å²) in [6, 6.07) is 18.0. The number of carbonyl (C=O) groups is 2. The standard InChI is InChI=1S/C20H23NO5/c22-19(23)14-18(21-26-15-16-8-3-1-4-9-16)12-7-13-25-20(24)17-10-5-2-6-11-17/h1-6,8-11,18,21H,7,12-15H2,(H,22,23)/t18-/m0/s1. The van der Waals surface area contributed by atoms with Gasteiger partial charge in [-0.05, 0) is 30.5 Å². The van der Waals surface area contributed by atoms with Gasteiger partial charge >= 0.3 is 11.9 Å². The first-order valence-corrected chi connectivity index (χ1v) is 8.50. The fraction of sp³-hybridized carbons (Fsp3) is 0.300. The fourth-order valence-electron chi connectivity index (χ4n) is 2.38. The highest BCUT2D eigenvalue weighted by Crippen LogP contribution is 2.07. The van der Waals surface area contributed by atoms with Crippen LogP contribution in [0.15, 0.2) is 60.7 Å². The summed E-state index contributed by atoms with van der Waals surface area (Å²) < 4.78 is 5.20. The molecular weight excluding hydrogens is 334 g/mol. The zero-order valence-corrected chi connectivity index (χ0v) is 14.5. The van der Waals surface area contributed by atoms with Gasteiger partial charge in [-0.1, -0.05) is 48.5 Å². The van der Waals surface area contributed by atoms with Gasteiger partial charge in [0.15, 0.2) is 0 Å². The lowest BCUT2D eigenvalue weighted by atomic mass is 10.1. The maximum Gasteiger partial charge on any atom is 0.338 e. The molecule has 0 amide bonds. The van der Waals surface area contributed by atoms with Crippen LogP contribution in [0.5, 0.6) is 0 Å². The topological polar surface area (TPSA) is 84.9 Å². The van der Waals surface area contributed by atoms with Gasteiger partial charge < -0.3 is 9.84 Å². The summed E-state index contributed by atoms with van der Waals surface area (Å²) in [7, 11) is 0. The van der Waals surface area contributed by atoms with Gasteiger partial charge in [-0.2, -0.15) is 5.48 Å². The molecule has 0 unspecified atom stereocenters. The molecule has 2 aromatic carbocycles. The Bertz CT molecular complexity index is 675. The molecule has 0 aliphatic carbocycles. The molecule has 0 aliphatic rings. The second-order valence-electron chi connectivity index (χ2n) is 5.83. The number of benzene rings is 2. The van der Waals surface area contributed by atoms with Crippen LogP contribution >= 0.6 is 0 Å². The first kappa shape index (κ1) is 19.6. The number of nitrogens with one attached hydrogen (secondary N) is 1. The Morgan fingerprint density at radius 1 is 1.00 bits per heavy atom. The van der Waals surface area contributed by atoms with E-state index in [2.05, 4.69) is 5.48 Å². The highest BCUT2D eigenvalue weighted by molar-refractivity contribution is 5.89. The van der Waals surface area contributed by atoms with Gasteiger partial charge in [0.05, 0.1) is 25.2 Å². The molecule has 0 spiro atoms. The van der Waals surface area contributed by atoms with E-state index in [4.69, 9.17) is 14.7 Å². The molecule has 0 radical (unpaired) electrons. The SMILES string of the molecule is O=C(O)C[C@H](CCCOC(=O)c1ccccc1)NOCc1ccccc1. The Balaban J connectivity index is 1.69. The van der Waals surface area contributed by atoms with E-state index in [1.807, 2.05) is 36.4 Å². The minimum Gasteiger partial charge on any atom is -0.481 e. The predicted octanol–water partition coefficient (Wildman–Crippen LogP) is 3.19. The quantitative estimate of drug-likeness (QED) is 0.365. The van der Waals surface area contributed by atoms with E-state index in [0.717, 1.165) is 5.56 Å². The molecule has 0 saturated carbocycles. The molecule has 138 valence electrons. The number of carbonyl (C=O) groups excluding carboxylic acids is 1. The van der Waals surface area contributed by atoms with Crippen LogP contribution < -0.4 is 5.48 Å². The lowest BCUT2D eigenvalue weighted by Gasteiger charge is -2.16. The third-order valence-corrected chi connectivity index (χ3v) is 3.69. The molecule has 0 saturated heterocycles. The molecular formula is C20H23NO5. The average Bonchev–Trinajstić information content (AvgIpc) is 2.66. The van der Waals surface area contributed by atoms with Crippen molar-refractivity contribution in [3.63, 3.8) is 0 Å². The summed E-state index contributed by atoms with van der Waals surface area (Å²) in [5, 5.41) is 9.01. The first-order valence-electron chi connectivity index (χ1n) is 8.50. The lowest BCUT2D eigenvalue weighted by Crippen LogP contribution is -2.31. The van der Waals surface area contributed by atoms with Crippen molar-refractivity contribution in [3.8, 4) is 0 Å². The van der Waals surface area contributed by atoms with Gasteiger partial charge in [-0.15, -0.1) is 0 Å². The molecule has 1 atom stereocenters. The van der Waals surface area contributed by atoms with Crippen LogP contribution in [0.2, 0.25) is 0 Å². The van der Waals surface area contributed by atoms with Gasteiger partial charge in [-0.25, -0.2) is 4.79 Å². The van der Waals surface area contributed by atoms with Crippen molar-refractivity contribution in [2.24, 2.45) is 0 Å². The maximum absolute atomic E-state index is 11.8. The van der Waals surface area contributed by atoms with Gasteiger partial charge in [0.25, 0.3) is 0 Å². The average molecular weight is 357 g/mol. The third kappa shape index (κ3) is 7.46. The zero-order chi connectivity index (χ0) is 18.6.